The molecule has 6 nitrogen and oxygen atoms in total. The largest absolute Gasteiger partial charge is 0.545 e. The van der Waals surface area contributed by atoms with E-state index in [9.17, 15) is 14.7 Å². The Bertz CT molecular complexity index is 1010. The minimum atomic E-state index is -1.44. The van der Waals surface area contributed by atoms with Crippen LogP contribution in [0, 0.1) is 0 Å². The molecule has 0 saturated heterocycles. The second-order valence-electron chi connectivity index (χ2n) is 5.70. The van der Waals surface area contributed by atoms with Crippen molar-refractivity contribution in [3.63, 3.8) is 0 Å². The summed E-state index contributed by atoms with van der Waals surface area (Å²) in [4.78, 5) is 24.0. The lowest BCUT2D eigenvalue weighted by Gasteiger charge is -2.14. The summed E-state index contributed by atoms with van der Waals surface area (Å²) in [6.07, 6.45) is 1.63. The number of aromatic carboxylic acids is 1. The van der Waals surface area contributed by atoms with Gasteiger partial charge in [0.25, 0.3) is 5.91 Å². The molecule has 0 unspecified atom stereocenters. The molecule has 0 fully saturated rings. The first-order chi connectivity index (χ1) is 12.8. The summed E-state index contributed by atoms with van der Waals surface area (Å²) in [6, 6.07) is 9.18. The van der Waals surface area contributed by atoms with Crippen molar-refractivity contribution < 1.29 is 19.4 Å². The molecule has 2 aromatic carbocycles. The third-order valence-corrected chi connectivity index (χ3v) is 4.53. The zero-order chi connectivity index (χ0) is 19.7. The summed E-state index contributed by atoms with van der Waals surface area (Å²) < 4.78 is 5.29. The number of carboxylic acids is 1. The second-order valence-corrected chi connectivity index (χ2v) is 6.54. The van der Waals surface area contributed by atoms with E-state index in [1.807, 2.05) is 0 Å². The van der Waals surface area contributed by atoms with Gasteiger partial charge in [0.05, 0.1) is 30.1 Å². The van der Waals surface area contributed by atoms with Crippen LogP contribution in [-0.2, 0) is 4.79 Å². The third-order valence-electron chi connectivity index (χ3n) is 3.97. The fourth-order valence-electron chi connectivity index (χ4n) is 2.63. The van der Waals surface area contributed by atoms with Gasteiger partial charge in [0.2, 0.25) is 0 Å². The lowest BCUT2D eigenvalue weighted by Crippen LogP contribution is -2.25. The maximum absolute atomic E-state index is 12.8. The average Bonchev–Trinajstić information content (AvgIpc) is 2.90. The summed E-state index contributed by atoms with van der Waals surface area (Å²) in [5, 5.41) is 17.0. The van der Waals surface area contributed by atoms with Crippen LogP contribution in [-0.4, -0.2) is 24.7 Å². The molecule has 27 heavy (non-hydrogen) atoms. The number of hydrazone groups is 1. The summed E-state index contributed by atoms with van der Waals surface area (Å²) in [5.74, 6) is -1.30. The molecular formula is C19H13Cl2N2O4-. The van der Waals surface area contributed by atoms with Gasteiger partial charge in [-0.25, -0.2) is 0 Å². The van der Waals surface area contributed by atoms with Crippen molar-refractivity contribution in [1.29, 1.82) is 0 Å². The third kappa shape index (κ3) is 3.67. The van der Waals surface area contributed by atoms with Crippen LogP contribution in [0.5, 0.6) is 5.75 Å². The topological polar surface area (TPSA) is 82.0 Å². The molecule has 1 amide bonds. The minimum Gasteiger partial charge on any atom is -0.545 e. The van der Waals surface area contributed by atoms with Crippen molar-refractivity contribution >= 4 is 52.6 Å². The van der Waals surface area contributed by atoms with E-state index in [1.165, 1.54) is 25.3 Å². The Labute approximate surface area is 165 Å². The van der Waals surface area contributed by atoms with Crippen LogP contribution in [0.1, 0.15) is 22.8 Å². The quantitative estimate of drug-likeness (QED) is 0.733. The Kier molecular flexibility index (Phi) is 5.21. The van der Waals surface area contributed by atoms with Crippen LogP contribution >= 0.6 is 23.2 Å². The van der Waals surface area contributed by atoms with Gasteiger partial charge in [0.1, 0.15) is 5.75 Å². The number of benzene rings is 2. The molecule has 8 heteroatoms. The number of amides is 1. The Morgan fingerprint density at radius 3 is 2.63 bits per heavy atom. The molecule has 0 atom stereocenters. The lowest BCUT2D eigenvalue weighted by molar-refractivity contribution is -0.255. The predicted octanol–water partition coefficient (Wildman–Crippen LogP) is 3.17. The van der Waals surface area contributed by atoms with E-state index >= 15 is 0 Å². The number of hydrogen-bond acceptors (Lipinski definition) is 5. The first-order valence-corrected chi connectivity index (χ1v) is 8.53. The number of methoxy groups -OCH3 is 1. The molecule has 3 rings (SSSR count). The summed E-state index contributed by atoms with van der Waals surface area (Å²) >= 11 is 11.9. The highest BCUT2D eigenvalue weighted by Gasteiger charge is 2.29. The molecule has 0 aromatic heterocycles. The van der Waals surface area contributed by atoms with Crippen molar-refractivity contribution in [3.8, 4) is 5.75 Å². The van der Waals surface area contributed by atoms with Crippen LogP contribution in [0.25, 0.3) is 6.08 Å². The minimum absolute atomic E-state index is 0.0190. The number of nitrogens with zero attached hydrogens (tertiary/aromatic N) is 2. The maximum Gasteiger partial charge on any atom is 0.280 e. The zero-order valence-corrected chi connectivity index (χ0v) is 15.8. The lowest BCUT2D eigenvalue weighted by atomic mass is 10.1. The predicted molar refractivity (Wildman–Crippen MR) is 102 cm³/mol. The van der Waals surface area contributed by atoms with Crippen LogP contribution < -0.4 is 14.9 Å². The highest BCUT2D eigenvalue weighted by atomic mass is 35.5. The fraction of sp³-hybridized carbons (Fsp3) is 0.105. The fourth-order valence-corrected chi connectivity index (χ4v) is 3.01. The molecule has 0 bridgehead atoms. The van der Waals surface area contributed by atoms with Gasteiger partial charge in [-0.3, -0.25) is 4.79 Å². The Balaban J connectivity index is 2.02. The maximum atomic E-state index is 12.8. The van der Waals surface area contributed by atoms with Gasteiger partial charge in [0.15, 0.2) is 0 Å². The number of ether oxygens (including phenoxy) is 1. The van der Waals surface area contributed by atoms with Crippen molar-refractivity contribution in [2.45, 2.75) is 6.92 Å². The highest BCUT2D eigenvalue weighted by molar-refractivity contribution is 6.34. The van der Waals surface area contributed by atoms with E-state index in [1.54, 1.807) is 31.2 Å². The van der Waals surface area contributed by atoms with Crippen LogP contribution in [0.15, 0.2) is 47.1 Å². The highest BCUT2D eigenvalue weighted by Crippen LogP contribution is 2.30. The van der Waals surface area contributed by atoms with Gasteiger partial charge < -0.3 is 14.6 Å². The molecule has 1 heterocycles. The smallest absolute Gasteiger partial charge is 0.280 e. The van der Waals surface area contributed by atoms with Crippen LogP contribution in [0.2, 0.25) is 10.0 Å². The molecule has 0 aliphatic carbocycles. The summed E-state index contributed by atoms with van der Waals surface area (Å²) in [7, 11) is 1.52. The number of carbonyl (C=O) groups excluding carboxylic acids is 2. The van der Waals surface area contributed by atoms with E-state index in [4.69, 9.17) is 27.9 Å². The normalized spacial score (nSPS) is 15.3. The first kappa shape index (κ1) is 18.9. The first-order valence-electron chi connectivity index (χ1n) is 7.78. The van der Waals surface area contributed by atoms with E-state index in [2.05, 4.69) is 5.10 Å². The standard InChI is InChI=1S/C19H14Cl2N2O4/c1-10-14(8-11-7-12(20)3-6-17(11)27-2)18(24)23(22-10)13-4-5-16(21)15(9-13)19(25)26/h3-9H,1-2H3,(H,25,26)/p-1/b14-8-. The van der Waals surface area contributed by atoms with Gasteiger partial charge in [-0.1, -0.05) is 23.2 Å². The van der Waals surface area contributed by atoms with Gasteiger partial charge in [0, 0.05) is 21.2 Å². The second kappa shape index (κ2) is 7.42. The molecule has 0 saturated carbocycles. The number of halogens is 2. The van der Waals surface area contributed by atoms with Crippen molar-refractivity contribution in [1.82, 2.24) is 0 Å². The Hall–Kier alpha value is -2.83. The number of rotatable bonds is 4. The van der Waals surface area contributed by atoms with Gasteiger partial charge in [-0.15, -0.1) is 0 Å². The van der Waals surface area contributed by atoms with Crippen molar-refractivity contribution in [2.75, 3.05) is 12.1 Å². The summed E-state index contributed by atoms with van der Waals surface area (Å²) in [6.45, 7) is 1.68. The van der Waals surface area contributed by atoms with Crippen LogP contribution in [0.3, 0.4) is 0 Å². The molecule has 2 aromatic rings. The van der Waals surface area contributed by atoms with E-state index in [-0.39, 0.29) is 16.3 Å². The van der Waals surface area contributed by atoms with Crippen molar-refractivity contribution in [2.24, 2.45) is 5.10 Å². The van der Waals surface area contributed by atoms with Gasteiger partial charge in [-0.2, -0.15) is 10.1 Å². The SMILES string of the molecule is COc1ccc(Cl)cc1/C=C1\C(=O)N(c2ccc(Cl)c(C(=O)[O-])c2)N=C1C. The number of anilines is 1. The zero-order valence-electron chi connectivity index (χ0n) is 14.3. The van der Waals surface area contributed by atoms with Crippen molar-refractivity contribution in [3.05, 3.63) is 63.1 Å². The molecule has 0 N–H and O–H groups in total. The molecule has 1 aliphatic rings. The van der Waals surface area contributed by atoms with Gasteiger partial charge >= 0.3 is 0 Å². The average molecular weight is 404 g/mol. The van der Waals surface area contributed by atoms with E-state index < -0.39 is 11.9 Å². The summed E-state index contributed by atoms with van der Waals surface area (Å²) in [5.41, 5.74) is 1.47. The molecule has 0 spiro atoms. The molecule has 138 valence electrons. The molecular weight excluding hydrogens is 391 g/mol. The number of carboxylic acid groups (broad SMARTS) is 1. The monoisotopic (exact) mass is 403 g/mol. The van der Waals surface area contributed by atoms with E-state index in [0.29, 0.717) is 27.6 Å². The van der Waals surface area contributed by atoms with Crippen LogP contribution in [0.4, 0.5) is 5.69 Å². The number of hydrogen-bond donors (Lipinski definition) is 0. The number of carbonyl (C=O) groups is 2. The molecule has 0 radical (unpaired) electrons. The Morgan fingerprint density at radius 2 is 1.96 bits per heavy atom. The van der Waals surface area contributed by atoms with E-state index in [0.717, 1.165) is 5.01 Å². The molecule has 1 aliphatic heterocycles. The van der Waals surface area contributed by atoms with Gasteiger partial charge in [-0.05, 0) is 49.4 Å². The Morgan fingerprint density at radius 1 is 1.22 bits per heavy atom.